The minimum atomic E-state index is -0.710. The number of hydrogen-bond donors (Lipinski definition) is 1. The van der Waals surface area contributed by atoms with Gasteiger partial charge in [0.15, 0.2) is 0 Å². The molecule has 1 fully saturated rings. The predicted molar refractivity (Wildman–Crippen MR) is 115 cm³/mol. The van der Waals surface area contributed by atoms with Gasteiger partial charge in [0, 0.05) is 30.9 Å². The largest absolute Gasteiger partial charge is 0.461 e. The van der Waals surface area contributed by atoms with E-state index in [-0.39, 0.29) is 12.4 Å². The molecule has 1 aromatic carbocycles. The predicted octanol–water partition coefficient (Wildman–Crippen LogP) is 4.28. The minimum Gasteiger partial charge on any atom is -0.461 e. The second-order valence-electron chi connectivity index (χ2n) is 7.79. The average Bonchev–Trinajstić information content (AvgIpc) is 3.35. The number of aromatic nitrogens is 1. The normalized spacial score (nSPS) is 16.6. The molecule has 3 heterocycles. The number of anilines is 1. The number of furan rings is 1. The summed E-state index contributed by atoms with van der Waals surface area (Å²) in [5.41, 5.74) is 0.833. The highest BCUT2D eigenvalue weighted by molar-refractivity contribution is 5.78. The molecule has 0 aliphatic carbocycles. The number of fused-ring (bicyclic) bond motifs is 1. The Kier molecular flexibility index (Phi) is 5.81. The van der Waals surface area contributed by atoms with Gasteiger partial charge in [0.2, 0.25) is 5.82 Å². The number of likely N-dealkylation sites (tertiary alicyclic amines) is 1. The van der Waals surface area contributed by atoms with Crippen LogP contribution in [-0.4, -0.2) is 38.9 Å². The Bertz CT molecular complexity index is 1130. The van der Waals surface area contributed by atoms with Gasteiger partial charge in [0.1, 0.15) is 17.5 Å². The maximum absolute atomic E-state index is 11.2. The molecule has 4 rings (SSSR count). The third-order valence-corrected chi connectivity index (χ3v) is 5.69. The second kappa shape index (κ2) is 8.68. The standard InChI is InChI=1S/C21H23N5O5/c1-14-3-2-7-24(14)8-6-18-10-16-9-15(4-5-20(16)31-18)12-22-21-19(26(29)30)11-17(13-23-21)25(27)28/h4-5,9-11,13-14H,2-3,6-8,12H2,1H3,(H,22,23)/t14-/m1/s1. The van der Waals surface area contributed by atoms with E-state index >= 15 is 0 Å². The fourth-order valence-electron chi connectivity index (χ4n) is 3.96. The molecule has 10 nitrogen and oxygen atoms in total. The first kappa shape index (κ1) is 20.7. The highest BCUT2D eigenvalue weighted by Gasteiger charge is 2.21. The number of rotatable bonds is 8. The molecule has 0 saturated carbocycles. The molecule has 2 aromatic heterocycles. The van der Waals surface area contributed by atoms with Gasteiger partial charge >= 0.3 is 5.69 Å². The van der Waals surface area contributed by atoms with E-state index in [2.05, 4.69) is 22.1 Å². The quantitative estimate of drug-likeness (QED) is 0.418. The van der Waals surface area contributed by atoms with Crippen molar-refractivity contribution >= 4 is 28.2 Å². The van der Waals surface area contributed by atoms with E-state index < -0.39 is 21.2 Å². The van der Waals surface area contributed by atoms with E-state index in [4.69, 9.17) is 4.42 Å². The van der Waals surface area contributed by atoms with Crippen molar-refractivity contribution in [2.45, 2.75) is 38.8 Å². The van der Waals surface area contributed by atoms with E-state index in [1.54, 1.807) is 0 Å². The van der Waals surface area contributed by atoms with E-state index in [9.17, 15) is 20.2 Å². The molecule has 0 bridgehead atoms. The lowest BCUT2D eigenvalue weighted by atomic mass is 10.1. The summed E-state index contributed by atoms with van der Waals surface area (Å²) in [7, 11) is 0. The summed E-state index contributed by atoms with van der Waals surface area (Å²) in [6.07, 6.45) is 4.35. The third-order valence-electron chi connectivity index (χ3n) is 5.69. The molecule has 0 amide bonds. The molecule has 1 saturated heterocycles. The molecule has 0 spiro atoms. The molecule has 10 heteroatoms. The molecule has 3 aromatic rings. The van der Waals surface area contributed by atoms with Crippen molar-refractivity contribution in [2.75, 3.05) is 18.4 Å². The molecule has 162 valence electrons. The van der Waals surface area contributed by atoms with E-state index in [0.717, 1.165) is 54.1 Å². The average molecular weight is 425 g/mol. The first-order valence-corrected chi connectivity index (χ1v) is 10.2. The Balaban J connectivity index is 1.44. The van der Waals surface area contributed by atoms with Crippen LogP contribution in [0.4, 0.5) is 17.2 Å². The molecule has 1 N–H and O–H groups in total. The van der Waals surface area contributed by atoms with Gasteiger partial charge in [-0.3, -0.25) is 20.2 Å². The highest BCUT2D eigenvalue weighted by Crippen LogP contribution is 2.27. The molecule has 0 unspecified atom stereocenters. The molecule has 31 heavy (non-hydrogen) atoms. The molecular weight excluding hydrogens is 402 g/mol. The fraction of sp³-hybridized carbons (Fsp3) is 0.381. The maximum Gasteiger partial charge on any atom is 0.318 e. The van der Waals surface area contributed by atoms with Crippen LogP contribution in [0.1, 0.15) is 31.1 Å². The van der Waals surface area contributed by atoms with Crippen LogP contribution in [0.15, 0.2) is 40.9 Å². The van der Waals surface area contributed by atoms with Gasteiger partial charge in [-0.2, -0.15) is 0 Å². The van der Waals surface area contributed by atoms with Crippen LogP contribution in [0.5, 0.6) is 0 Å². The smallest absolute Gasteiger partial charge is 0.318 e. The minimum absolute atomic E-state index is 0.0108. The lowest BCUT2D eigenvalue weighted by Gasteiger charge is -2.19. The summed E-state index contributed by atoms with van der Waals surface area (Å²) in [6, 6.07) is 9.28. The molecule has 1 aliphatic rings. The van der Waals surface area contributed by atoms with Crippen LogP contribution in [-0.2, 0) is 13.0 Å². The van der Waals surface area contributed by atoms with E-state index in [0.29, 0.717) is 6.04 Å². The van der Waals surface area contributed by atoms with Gasteiger partial charge < -0.3 is 14.6 Å². The maximum atomic E-state index is 11.2. The van der Waals surface area contributed by atoms with Crippen LogP contribution in [0.2, 0.25) is 0 Å². The first-order valence-electron chi connectivity index (χ1n) is 10.2. The lowest BCUT2D eigenvalue weighted by molar-refractivity contribution is -0.394. The second-order valence-corrected chi connectivity index (χ2v) is 7.79. The summed E-state index contributed by atoms with van der Waals surface area (Å²) in [6.45, 7) is 4.66. The Hall–Kier alpha value is -3.53. The third kappa shape index (κ3) is 4.64. The Morgan fingerprint density at radius 2 is 2.06 bits per heavy atom. The number of benzene rings is 1. The van der Waals surface area contributed by atoms with E-state index in [1.807, 2.05) is 24.3 Å². The zero-order valence-corrected chi connectivity index (χ0v) is 17.1. The van der Waals surface area contributed by atoms with Crippen molar-refractivity contribution in [1.82, 2.24) is 9.88 Å². The van der Waals surface area contributed by atoms with Crippen molar-refractivity contribution in [3.63, 3.8) is 0 Å². The van der Waals surface area contributed by atoms with Gasteiger partial charge in [0.05, 0.1) is 15.9 Å². The summed E-state index contributed by atoms with van der Waals surface area (Å²) < 4.78 is 5.95. The molecule has 1 atom stereocenters. The Morgan fingerprint density at radius 3 is 2.77 bits per heavy atom. The van der Waals surface area contributed by atoms with Crippen molar-refractivity contribution < 1.29 is 14.3 Å². The van der Waals surface area contributed by atoms with Gasteiger partial charge in [-0.15, -0.1) is 0 Å². The number of hydrogen-bond acceptors (Lipinski definition) is 8. The first-order chi connectivity index (χ1) is 14.9. The fourth-order valence-corrected chi connectivity index (χ4v) is 3.96. The number of nitrogens with one attached hydrogen (secondary N) is 1. The topological polar surface area (TPSA) is 128 Å². The summed E-state index contributed by atoms with van der Waals surface area (Å²) in [4.78, 5) is 27.0. The summed E-state index contributed by atoms with van der Waals surface area (Å²) in [5.74, 6) is 0.926. The van der Waals surface area contributed by atoms with Crippen molar-refractivity contribution in [3.8, 4) is 0 Å². The number of pyridine rings is 1. The van der Waals surface area contributed by atoms with Crippen LogP contribution >= 0.6 is 0 Å². The SMILES string of the molecule is C[C@@H]1CCCN1CCc1cc2cc(CNc3ncc([N+](=O)[O-])cc3[N+](=O)[O-])ccc2o1. The van der Waals surface area contributed by atoms with Gasteiger partial charge in [0.25, 0.3) is 5.69 Å². The van der Waals surface area contributed by atoms with Gasteiger partial charge in [-0.1, -0.05) is 6.07 Å². The molecular formula is C21H23N5O5. The summed E-state index contributed by atoms with van der Waals surface area (Å²) >= 11 is 0. The zero-order chi connectivity index (χ0) is 22.0. The molecule has 1 aliphatic heterocycles. The number of nitro groups is 2. The Labute approximate surface area is 178 Å². The van der Waals surface area contributed by atoms with Gasteiger partial charge in [-0.05, 0) is 50.1 Å². The van der Waals surface area contributed by atoms with Crippen LogP contribution < -0.4 is 5.32 Å². The highest BCUT2D eigenvalue weighted by atomic mass is 16.6. The zero-order valence-electron chi connectivity index (χ0n) is 17.1. The van der Waals surface area contributed by atoms with Crippen molar-refractivity contribution in [3.05, 3.63) is 68.1 Å². The van der Waals surface area contributed by atoms with Crippen LogP contribution in [0.25, 0.3) is 11.0 Å². The monoisotopic (exact) mass is 425 g/mol. The lowest BCUT2D eigenvalue weighted by Crippen LogP contribution is -2.28. The van der Waals surface area contributed by atoms with E-state index in [1.165, 1.54) is 12.8 Å². The van der Waals surface area contributed by atoms with Crippen molar-refractivity contribution in [2.24, 2.45) is 0 Å². The molecule has 0 radical (unpaired) electrons. The van der Waals surface area contributed by atoms with Crippen LogP contribution in [0, 0.1) is 20.2 Å². The Morgan fingerprint density at radius 1 is 1.23 bits per heavy atom. The van der Waals surface area contributed by atoms with Gasteiger partial charge in [-0.25, -0.2) is 4.98 Å². The number of nitrogens with zero attached hydrogens (tertiary/aromatic N) is 4. The van der Waals surface area contributed by atoms with Crippen molar-refractivity contribution in [1.29, 1.82) is 0 Å². The summed E-state index contributed by atoms with van der Waals surface area (Å²) in [5, 5.41) is 26.0. The van der Waals surface area contributed by atoms with Crippen LogP contribution in [0.3, 0.4) is 0 Å².